The first-order valence-corrected chi connectivity index (χ1v) is 5.12. The van der Waals surface area contributed by atoms with Crippen LogP contribution in [-0.2, 0) is 9.53 Å². The molecule has 2 unspecified atom stereocenters. The van der Waals surface area contributed by atoms with Gasteiger partial charge in [0.15, 0.2) is 0 Å². The van der Waals surface area contributed by atoms with E-state index in [1.807, 2.05) is 30.3 Å². The Morgan fingerprint density at radius 1 is 1.31 bits per heavy atom. The second kappa shape index (κ2) is 6.23. The summed E-state index contributed by atoms with van der Waals surface area (Å²) in [6, 6.07) is 7.78. The highest BCUT2D eigenvalue weighted by Crippen LogP contribution is 2.11. The zero-order valence-corrected chi connectivity index (χ0v) is 9.35. The zero-order valence-electron chi connectivity index (χ0n) is 9.35. The molecule has 88 valence electrons. The molecule has 0 amide bonds. The molecular weight excluding hydrogens is 211 g/mol. The first-order valence-electron chi connectivity index (χ1n) is 5.12. The summed E-state index contributed by atoms with van der Waals surface area (Å²) < 4.78 is 22.6. The third-order valence-corrected chi connectivity index (χ3v) is 1.98. The third kappa shape index (κ3) is 4.40. The number of rotatable bonds is 6. The normalized spacial score (nSPS) is 14.2. The predicted octanol–water partition coefficient (Wildman–Crippen LogP) is 2.36. The van der Waals surface area contributed by atoms with E-state index in [4.69, 9.17) is 9.47 Å². The molecule has 4 heteroatoms. The van der Waals surface area contributed by atoms with Gasteiger partial charge in [-0.05, 0) is 26.0 Å². The van der Waals surface area contributed by atoms with E-state index in [2.05, 4.69) is 0 Å². The van der Waals surface area contributed by atoms with E-state index in [1.165, 1.54) is 6.92 Å². The van der Waals surface area contributed by atoms with Crippen LogP contribution in [0.25, 0.3) is 0 Å². The van der Waals surface area contributed by atoms with Crippen LogP contribution in [0.4, 0.5) is 4.39 Å². The molecule has 2 atom stereocenters. The van der Waals surface area contributed by atoms with Gasteiger partial charge in [0, 0.05) is 0 Å². The summed E-state index contributed by atoms with van der Waals surface area (Å²) in [5.41, 5.74) is 0. The molecule has 3 nitrogen and oxygen atoms in total. The minimum absolute atomic E-state index is 0.172. The van der Waals surface area contributed by atoms with Crippen LogP contribution < -0.4 is 4.74 Å². The molecule has 0 aliphatic rings. The molecule has 16 heavy (non-hydrogen) atoms. The van der Waals surface area contributed by atoms with Gasteiger partial charge in [0.05, 0.1) is 6.61 Å². The van der Waals surface area contributed by atoms with Crippen molar-refractivity contribution in [3.05, 3.63) is 30.3 Å². The van der Waals surface area contributed by atoms with Crippen molar-refractivity contribution in [2.24, 2.45) is 0 Å². The van der Waals surface area contributed by atoms with Gasteiger partial charge in [0.1, 0.15) is 18.0 Å². The Morgan fingerprint density at radius 2 is 1.94 bits per heavy atom. The largest absolute Gasteiger partial charge is 0.488 e. The monoisotopic (exact) mass is 226 g/mol. The number of carbonyl (C=O) groups is 1. The van der Waals surface area contributed by atoms with Crippen molar-refractivity contribution in [1.29, 1.82) is 0 Å². The topological polar surface area (TPSA) is 35.5 Å². The van der Waals surface area contributed by atoms with E-state index < -0.39 is 12.1 Å². The number of benzene rings is 1. The number of carbonyl (C=O) groups excluding carboxylic acids is 1. The third-order valence-electron chi connectivity index (χ3n) is 1.98. The van der Waals surface area contributed by atoms with E-state index in [1.54, 1.807) is 6.92 Å². The van der Waals surface area contributed by atoms with Crippen LogP contribution in [0.5, 0.6) is 5.75 Å². The quantitative estimate of drug-likeness (QED) is 0.698. The lowest BCUT2D eigenvalue weighted by Gasteiger charge is -2.16. The number of hydrogen-bond acceptors (Lipinski definition) is 3. The van der Waals surface area contributed by atoms with Crippen molar-refractivity contribution >= 4 is 6.04 Å². The summed E-state index contributed by atoms with van der Waals surface area (Å²) in [6.07, 6.45) is -1.26. The van der Waals surface area contributed by atoms with Crippen LogP contribution in [0, 0.1) is 0 Å². The van der Waals surface area contributed by atoms with Gasteiger partial charge in [-0.1, -0.05) is 18.2 Å². The molecule has 0 bridgehead atoms. The number of halogens is 1. The number of para-hydroxylation sites is 1. The van der Waals surface area contributed by atoms with E-state index in [-0.39, 0.29) is 12.7 Å². The fourth-order valence-corrected chi connectivity index (χ4v) is 1.11. The van der Waals surface area contributed by atoms with E-state index >= 15 is 0 Å². The standard InChI is InChI=1S/C12H15FO3/c1-9(8-15-10(2)12(13)14)16-11-6-4-3-5-7-11/h3-7,9-10H,8H2,1-2H3. The Hall–Kier alpha value is -1.42. The van der Waals surface area contributed by atoms with Crippen LogP contribution in [0.15, 0.2) is 30.3 Å². The SMILES string of the molecule is CC(COC(C)C(=O)F)Oc1ccccc1. The molecule has 0 saturated heterocycles. The molecular formula is C12H15FO3. The summed E-state index contributed by atoms with van der Waals surface area (Å²) in [4.78, 5) is 10.3. The minimum Gasteiger partial charge on any atom is -0.488 e. The van der Waals surface area contributed by atoms with E-state index in [0.717, 1.165) is 5.75 Å². The number of ether oxygens (including phenoxy) is 2. The second-order valence-electron chi connectivity index (χ2n) is 3.52. The van der Waals surface area contributed by atoms with Crippen LogP contribution in [0.2, 0.25) is 0 Å². The Labute approximate surface area is 94.2 Å². The molecule has 0 spiro atoms. The summed E-state index contributed by atoms with van der Waals surface area (Å²) in [7, 11) is 0. The molecule has 0 aliphatic carbocycles. The number of hydrogen-bond donors (Lipinski definition) is 0. The molecule has 1 rings (SSSR count). The summed E-state index contributed by atoms with van der Waals surface area (Å²) >= 11 is 0. The van der Waals surface area contributed by atoms with Crippen LogP contribution in [-0.4, -0.2) is 24.9 Å². The Kier molecular flexibility index (Phi) is 4.92. The maximum absolute atomic E-state index is 12.2. The van der Waals surface area contributed by atoms with Gasteiger partial charge in [-0.15, -0.1) is 0 Å². The Balaban J connectivity index is 2.31. The first kappa shape index (κ1) is 12.6. The maximum Gasteiger partial charge on any atom is 0.329 e. The summed E-state index contributed by atoms with van der Waals surface area (Å²) in [6.45, 7) is 3.34. The van der Waals surface area contributed by atoms with Gasteiger partial charge in [0.2, 0.25) is 0 Å². The van der Waals surface area contributed by atoms with Crippen molar-refractivity contribution in [2.45, 2.75) is 26.1 Å². The van der Waals surface area contributed by atoms with Gasteiger partial charge in [-0.3, -0.25) is 4.79 Å². The molecule has 0 saturated carbocycles. The lowest BCUT2D eigenvalue weighted by molar-refractivity contribution is -0.141. The van der Waals surface area contributed by atoms with Gasteiger partial charge < -0.3 is 9.47 Å². The summed E-state index contributed by atoms with van der Waals surface area (Å²) in [5, 5.41) is 0. The molecule has 0 aromatic heterocycles. The predicted molar refractivity (Wildman–Crippen MR) is 58.1 cm³/mol. The molecule has 0 aliphatic heterocycles. The van der Waals surface area contributed by atoms with Gasteiger partial charge in [0.25, 0.3) is 0 Å². The highest BCUT2D eigenvalue weighted by molar-refractivity contribution is 5.72. The van der Waals surface area contributed by atoms with Crippen molar-refractivity contribution in [3.63, 3.8) is 0 Å². The van der Waals surface area contributed by atoms with E-state index in [9.17, 15) is 9.18 Å². The van der Waals surface area contributed by atoms with Crippen LogP contribution >= 0.6 is 0 Å². The molecule has 0 N–H and O–H groups in total. The van der Waals surface area contributed by atoms with E-state index in [0.29, 0.717) is 0 Å². The van der Waals surface area contributed by atoms with Crippen molar-refractivity contribution in [3.8, 4) is 5.75 Å². The fraction of sp³-hybridized carbons (Fsp3) is 0.417. The molecule has 0 heterocycles. The minimum atomic E-state index is -1.47. The second-order valence-corrected chi connectivity index (χ2v) is 3.52. The van der Waals surface area contributed by atoms with Gasteiger partial charge in [-0.25, -0.2) is 0 Å². The van der Waals surface area contributed by atoms with Crippen molar-refractivity contribution < 1.29 is 18.7 Å². The average Bonchev–Trinajstić information content (AvgIpc) is 2.27. The average molecular weight is 226 g/mol. The first-order chi connectivity index (χ1) is 7.59. The Morgan fingerprint density at radius 3 is 2.50 bits per heavy atom. The van der Waals surface area contributed by atoms with Gasteiger partial charge in [-0.2, -0.15) is 4.39 Å². The van der Waals surface area contributed by atoms with Crippen molar-refractivity contribution in [1.82, 2.24) is 0 Å². The molecule has 0 radical (unpaired) electrons. The highest BCUT2D eigenvalue weighted by atomic mass is 19.1. The van der Waals surface area contributed by atoms with Crippen molar-refractivity contribution in [2.75, 3.05) is 6.61 Å². The van der Waals surface area contributed by atoms with Gasteiger partial charge >= 0.3 is 6.04 Å². The maximum atomic E-state index is 12.2. The van der Waals surface area contributed by atoms with Crippen LogP contribution in [0.1, 0.15) is 13.8 Å². The molecule has 1 aromatic rings. The Bertz CT molecular complexity index is 326. The fourth-order valence-electron chi connectivity index (χ4n) is 1.11. The molecule has 0 fully saturated rings. The van der Waals surface area contributed by atoms with Crippen LogP contribution in [0.3, 0.4) is 0 Å². The summed E-state index contributed by atoms with van der Waals surface area (Å²) in [5.74, 6) is 0.720. The molecule has 1 aromatic carbocycles. The smallest absolute Gasteiger partial charge is 0.329 e. The lowest BCUT2D eigenvalue weighted by Crippen LogP contribution is -2.25. The lowest BCUT2D eigenvalue weighted by atomic mass is 10.3. The zero-order chi connectivity index (χ0) is 12.0. The highest BCUT2D eigenvalue weighted by Gasteiger charge is 2.14.